The minimum Gasteiger partial charge on any atom is -0.449 e. The summed E-state index contributed by atoms with van der Waals surface area (Å²) in [6.07, 6.45) is 0.653. The molecule has 0 spiro atoms. The molecule has 8 nitrogen and oxygen atoms in total. The predicted octanol–water partition coefficient (Wildman–Crippen LogP) is 3.48. The molecule has 2 aromatic carbocycles. The molecule has 0 atom stereocenters. The average molecular weight is 471 g/mol. The van der Waals surface area contributed by atoms with Crippen molar-refractivity contribution in [3.05, 3.63) is 74.0 Å². The smallest absolute Gasteiger partial charge is 0.449 e. The Balaban J connectivity index is 2.22. The predicted molar refractivity (Wildman–Crippen MR) is 115 cm³/mol. The van der Waals surface area contributed by atoms with Gasteiger partial charge in [-0.2, -0.15) is 0 Å². The molecule has 158 valence electrons. The molecule has 0 unspecified atom stereocenters. The molecular formula is C19H16Cl2N2O6S. The van der Waals surface area contributed by atoms with Gasteiger partial charge in [0.25, 0.3) is 0 Å². The molecule has 0 aliphatic carbocycles. The van der Waals surface area contributed by atoms with Crippen molar-refractivity contribution in [1.82, 2.24) is 4.68 Å². The van der Waals surface area contributed by atoms with E-state index in [-0.39, 0.29) is 10.9 Å². The molecule has 0 aliphatic heterocycles. The van der Waals surface area contributed by atoms with E-state index in [4.69, 9.17) is 28.3 Å². The molecule has 1 aromatic heterocycles. The van der Waals surface area contributed by atoms with Crippen LogP contribution in [0.3, 0.4) is 0 Å². The SMILES string of the molecule is CN(n1cc(OC(=O)O)c(=O)c2cc(Cc3cccc(Cl)c3Cl)ccc21)S(C)(=O)=O. The van der Waals surface area contributed by atoms with Gasteiger partial charge in [0.05, 0.1) is 33.4 Å². The van der Waals surface area contributed by atoms with E-state index in [0.717, 1.165) is 27.1 Å². The first-order valence-electron chi connectivity index (χ1n) is 8.45. The van der Waals surface area contributed by atoms with Gasteiger partial charge in [-0.15, -0.1) is 0 Å². The number of hydrogen-bond donors (Lipinski definition) is 1. The van der Waals surface area contributed by atoms with Gasteiger partial charge >= 0.3 is 6.16 Å². The van der Waals surface area contributed by atoms with E-state index in [9.17, 15) is 18.0 Å². The lowest BCUT2D eigenvalue weighted by Gasteiger charge is -2.23. The molecule has 0 fully saturated rings. The van der Waals surface area contributed by atoms with Crippen LogP contribution in [0.15, 0.2) is 47.4 Å². The van der Waals surface area contributed by atoms with Crippen LogP contribution in [0, 0.1) is 0 Å². The molecule has 11 heteroatoms. The van der Waals surface area contributed by atoms with E-state index in [0.29, 0.717) is 22.0 Å². The zero-order valence-electron chi connectivity index (χ0n) is 15.8. The number of carbonyl (C=O) groups is 1. The number of sulfonamides is 1. The molecule has 1 heterocycles. The van der Waals surface area contributed by atoms with Gasteiger partial charge < -0.3 is 9.84 Å². The highest BCUT2D eigenvalue weighted by molar-refractivity contribution is 7.91. The first kappa shape index (κ1) is 21.9. The average Bonchev–Trinajstić information content (AvgIpc) is 2.66. The number of nitrogens with zero attached hydrogens (tertiary/aromatic N) is 2. The van der Waals surface area contributed by atoms with Crippen molar-refractivity contribution >= 4 is 50.3 Å². The van der Waals surface area contributed by atoms with Gasteiger partial charge in [-0.25, -0.2) is 22.3 Å². The summed E-state index contributed by atoms with van der Waals surface area (Å²) >= 11 is 12.3. The van der Waals surface area contributed by atoms with E-state index in [2.05, 4.69) is 4.74 Å². The Bertz CT molecular complexity index is 1320. The summed E-state index contributed by atoms with van der Waals surface area (Å²) < 4.78 is 30.6. The summed E-state index contributed by atoms with van der Waals surface area (Å²) in [7, 11) is -2.45. The highest BCUT2D eigenvalue weighted by atomic mass is 35.5. The van der Waals surface area contributed by atoms with Gasteiger partial charge in [0.1, 0.15) is 0 Å². The number of fused-ring (bicyclic) bond motifs is 1. The molecule has 3 aromatic rings. The Kier molecular flexibility index (Phi) is 5.98. The molecule has 30 heavy (non-hydrogen) atoms. The number of ether oxygens (including phenoxy) is 1. The van der Waals surface area contributed by atoms with Gasteiger partial charge in [0.2, 0.25) is 21.2 Å². The number of benzene rings is 2. The molecule has 0 amide bonds. The molecule has 0 saturated heterocycles. The third-order valence-electron chi connectivity index (χ3n) is 4.42. The minimum absolute atomic E-state index is 0.0832. The van der Waals surface area contributed by atoms with Crippen LogP contribution in [0.5, 0.6) is 5.75 Å². The Hall–Kier alpha value is -2.75. The fraction of sp³-hybridized carbons (Fsp3) is 0.158. The highest BCUT2D eigenvalue weighted by Gasteiger charge is 2.19. The van der Waals surface area contributed by atoms with Crippen LogP contribution in [0.1, 0.15) is 11.1 Å². The van der Waals surface area contributed by atoms with Gasteiger partial charge in [-0.05, 0) is 35.7 Å². The summed E-state index contributed by atoms with van der Waals surface area (Å²) in [6, 6.07) is 10.0. The van der Waals surface area contributed by atoms with E-state index in [1.165, 1.54) is 13.1 Å². The molecule has 0 bridgehead atoms. The van der Waals surface area contributed by atoms with Crippen LogP contribution in [0.4, 0.5) is 4.79 Å². The van der Waals surface area contributed by atoms with Gasteiger partial charge in [0.15, 0.2) is 0 Å². The van der Waals surface area contributed by atoms with E-state index in [1.54, 1.807) is 30.3 Å². The maximum atomic E-state index is 12.8. The fourth-order valence-corrected chi connectivity index (χ4v) is 3.75. The fourth-order valence-electron chi connectivity index (χ4n) is 2.91. The Morgan fingerprint density at radius 2 is 1.93 bits per heavy atom. The summed E-state index contributed by atoms with van der Waals surface area (Å²) in [5, 5.41) is 9.79. The number of carboxylic acid groups (broad SMARTS) is 1. The van der Waals surface area contributed by atoms with E-state index < -0.39 is 27.4 Å². The van der Waals surface area contributed by atoms with Crippen molar-refractivity contribution in [2.24, 2.45) is 0 Å². The van der Waals surface area contributed by atoms with Crippen molar-refractivity contribution in [2.75, 3.05) is 17.7 Å². The summed E-state index contributed by atoms with van der Waals surface area (Å²) in [6.45, 7) is 0. The van der Waals surface area contributed by atoms with Crippen molar-refractivity contribution in [3.63, 3.8) is 0 Å². The van der Waals surface area contributed by atoms with Crippen LogP contribution in [-0.2, 0) is 16.4 Å². The van der Waals surface area contributed by atoms with Crippen LogP contribution >= 0.6 is 23.2 Å². The third-order valence-corrected chi connectivity index (χ3v) is 6.42. The molecule has 0 aliphatic rings. The van der Waals surface area contributed by atoms with Gasteiger partial charge in [-0.3, -0.25) is 4.79 Å². The lowest BCUT2D eigenvalue weighted by molar-refractivity contribution is 0.144. The first-order valence-corrected chi connectivity index (χ1v) is 11.1. The molecule has 0 saturated carbocycles. The second kappa shape index (κ2) is 8.17. The largest absolute Gasteiger partial charge is 0.511 e. The first-order chi connectivity index (χ1) is 14.0. The second-order valence-electron chi connectivity index (χ2n) is 6.47. The monoisotopic (exact) mass is 470 g/mol. The number of hydrogen-bond acceptors (Lipinski definition) is 5. The number of rotatable bonds is 5. The number of halogens is 2. The molecule has 1 N–H and O–H groups in total. The van der Waals surface area contributed by atoms with Crippen molar-refractivity contribution in [3.8, 4) is 5.75 Å². The normalized spacial score (nSPS) is 11.5. The summed E-state index contributed by atoms with van der Waals surface area (Å²) in [5.74, 6) is -0.525. The van der Waals surface area contributed by atoms with Crippen LogP contribution in [-0.4, -0.2) is 37.7 Å². The second-order valence-corrected chi connectivity index (χ2v) is 9.25. The Morgan fingerprint density at radius 3 is 2.57 bits per heavy atom. The lowest BCUT2D eigenvalue weighted by Crippen LogP contribution is -2.36. The zero-order chi connectivity index (χ0) is 22.2. The lowest BCUT2D eigenvalue weighted by atomic mass is 10.0. The molecule has 0 radical (unpaired) electrons. The van der Waals surface area contributed by atoms with Gasteiger partial charge in [0, 0.05) is 7.05 Å². The summed E-state index contributed by atoms with van der Waals surface area (Å²) in [4.78, 5) is 23.8. The maximum absolute atomic E-state index is 12.8. The van der Waals surface area contributed by atoms with E-state index in [1.807, 2.05) is 0 Å². The highest BCUT2D eigenvalue weighted by Crippen LogP contribution is 2.28. The maximum Gasteiger partial charge on any atom is 0.511 e. The molecule has 3 rings (SSSR count). The minimum atomic E-state index is -3.72. The Morgan fingerprint density at radius 1 is 1.23 bits per heavy atom. The molecular weight excluding hydrogens is 455 g/mol. The number of aromatic nitrogens is 1. The van der Waals surface area contributed by atoms with Crippen molar-refractivity contribution < 1.29 is 23.1 Å². The van der Waals surface area contributed by atoms with Crippen molar-refractivity contribution in [1.29, 1.82) is 0 Å². The van der Waals surface area contributed by atoms with Crippen LogP contribution in [0.2, 0.25) is 10.0 Å². The third kappa shape index (κ3) is 4.38. The quantitative estimate of drug-likeness (QED) is 0.572. The van der Waals surface area contributed by atoms with Gasteiger partial charge in [-0.1, -0.05) is 41.4 Å². The summed E-state index contributed by atoms with van der Waals surface area (Å²) in [5.41, 5.74) is 0.982. The standard InChI is InChI=1S/C19H16Cl2N2O6S/c1-22(30(2,27)28)23-10-16(29-19(25)26)18(24)13-9-11(6-7-15(13)23)8-12-4-3-5-14(20)17(12)21/h3-7,9-10H,8H2,1-2H3,(H,25,26). The number of pyridine rings is 1. The Labute approximate surface area is 181 Å². The van der Waals surface area contributed by atoms with E-state index >= 15 is 0 Å². The van der Waals surface area contributed by atoms with Crippen LogP contribution < -0.4 is 14.6 Å². The zero-order valence-corrected chi connectivity index (χ0v) is 18.1. The van der Waals surface area contributed by atoms with Crippen molar-refractivity contribution in [2.45, 2.75) is 6.42 Å². The van der Waals surface area contributed by atoms with Crippen LogP contribution in [0.25, 0.3) is 10.9 Å². The topological polar surface area (TPSA) is 106 Å².